The molecule has 88 valence electrons. The molecule has 0 aromatic carbocycles. The van der Waals surface area contributed by atoms with Crippen molar-refractivity contribution in [1.82, 2.24) is 25.1 Å². The molecule has 0 amide bonds. The molecule has 0 radical (unpaired) electrons. The number of nitrogens with zero attached hydrogens (tertiary/aromatic N) is 5. The van der Waals surface area contributed by atoms with E-state index in [4.69, 9.17) is 4.52 Å². The number of rotatable bonds is 2. The maximum absolute atomic E-state index is 5.18. The van der Waals surface area contributed by atoms with Gasteiger partial charge in [0.05, 0.1) is 11.1 Å². The zero-order valence-electron chi connectivity index (χ0n) is 9.61. The van der Waals surface area contributed by atoms with Crippen LogP contribution in [0.5, 0.6) is 0 Å². The van der Waals surface area contributed by atoms with Gasteiger partial charge in [0.15, 0.2) is 0 Å². The second kappa shape index (κ2) is 4.33. The van der Waals surface area contributed by atoms with Crippen LogP contribution in [0.4, 0.5) is 0 Å². The molecular weight excluding hydrogens is 230 g/mol. The fraction of sp³-hybridized carbons (Fsp3) is 0.0833. The van der Waals surface area contributed by atoms with Gasteiger partial charge in [-0.15, -0.1) is 0 Å². The standard InChI is InChI=1S/C12H9N5O/c1-8-14-6-10(7-15-8)11-16-12(18-17-11)9-3-2-4-13-5-9/h2-7H,1H3. The molecule has 0 N–H and O–H groups in total. The van der Waals surface area contributed by atoms with Gasteiger partial charge < -0.3 is 4.52 Å². The highest BCUT2D eigenvalue weighted by Crippen LogP contribution is 2.20. The molecule has 0 aliphatic rings. The van der Waals surface area contributed by atoms with E-state index in [-0.39, 0.29) is 0 Å². The van der Waals surface area contributed by atoms with Crippen molar-refractivity contribution < 1.29 is 4.52 Å². The fourth-order valence-electron chi connectivity index (χ4n) is 1.46. The van der Waals surface area contributed by atoms with Crippen LogP contribution in [0, 0.1) is 6.92 Å². The molecule has 3 heterocycles. The van der Waals surface area contributed by atoms with E-state index in [1.54, 1.807) is 24.8 Å². The van der Waals surface area contributed by atoms with E-state index in [0.29, 0.717) is 17.5 Å². The first-order valence-corrected chi connectivity index (χ1v) is 5.36. The number of hydrogen-bond donors (Lipinski definition) is 0. The molecule has 3 aromatic rings. The second-order valence-corrected chi connectivity index (χ2v) is 3.68. The summed E-state index contributed by atoms with van der Waals surface area (Å²) in [5, 5.41) is 3.90. The fourth-order valence-corrected chi connectivity index (χ4v) is 1.46. The molecule has 6 heteroatoms. The van der Waals surface area contributed by atoms with Gasteiger partial charge in [0.1, 0.15) is 5.82 Å². The summed E-state index contributed by atoms with van der Waals surface area (Å²) in [6.45, 7) is 1.82. The summed E-state index contributed by atoms with van der Waals surface area (Å²) in [4.78, 5) is 16.5. The Morgan fingerprint density at radius 2 is 1.89 bits per heavy atom. The Bertz CT molecular complexity index is 648. The summed E-state index contributed by atoms with van der Waals surface area (Å²) in [5.74, 6) is 1.60. The quantitative estimate of drug-likeness (QED) is 0.679. The summed E-state index contributed by atoms with van der Waals surface area (Å²) in [6.07, 6.45) is 6.69. The molecule has 0 aliphatic heterocycles. The average Bonchev–Trinajstić information content (AvgIpc) is 2.90. The summed E-state index contributed by atoms with van der Waals surface area (Å²) in [6, 6.07) is 3.67. The SMILES string of the molecule is Cc1ncc(-c2noc(-c3cccnc3)n2)cn1. The van der Waals surface area contributed by atoms with E-state index < -0.39 is 0 Å². The number of aryl methyl sites for hydroxylation is 1. The molecule has 0 bridgehead atoms. The third kappa shape index (κ3) is 1.95. The van der Waals surface area contributed by atoms with Crippen LogP contribution >= 0.6 is 0 Å². The molecule has 0 saturated heterocycles. The highest BCUT2D eigenvalue weighted by atomic mass is 16.5. The van der Waals surface area contributed by atoms with E-state index >= 15 is 0 Å². The third-order valence-electron chi connectivity index (χ3n) is 2.37. The van der Waals surface area contributed by atoms with E-state index in [1.807, 2.05) is 19.1 Å². The Labute approximate surface area is 103 Å². The lowest BCUT2D eigenvalue weighted by Crippen LogP contribution is -1.88. The smallest absolute Gasteiger partial charge is 0.259 e. The van der Waals surface area contributed by atoms with Gasteiger partial charge in [0.25, 0.3) is 5.89 Å². The van der Waals surface area contributed by atoms with Gasteiger partial charge >= 0.3 is 0 Å². The summed E-state index contributed by atoms with van der Waals surface area (Å²) >= 11 is 0. The monoisotopic (exact) mass is 239 g/mol. The second-order valence-electron chi connectivity index (χ2n) is 3.68. The largest absolute Gasteiger partial charge is 0.334 e. The van der Waals surface area contributed by atoms with Crippen molar-refractivity contribution in [3.8, 4) is 22.8 Å². The number of hydrogen-bond acceptors (Lipinski definition) is 6. The summed E-state index contributed by atoms with van der Waals surface area (Å²) < 4.78 is 5.18. The van der Waals surface area contributed by atoms with Gasteiger partial charge in [0.2, 0.25) is 5.82 Å². The maximum atomic E-state index is 5.18. The van der Waals surface area contributed by atoms with Crippen LogP contribution < -0.4 is 0 Å². The molecule has 0 fully saturated rings. The summed E-state index contributed by atoms with van der Waals surface area (Å²) in [7, 11) is 0. The topological polar surface area (TPSA) is 77.6 Å². The van der Waals surface area contributed by atoms with Crippen molar-refractivity contribution in [2.45, 2.75) is 6.92 Å². The van der Waals surface area contributed by atoms with Gasteiger partial charge in [0, 0.05) is 24.8 Å². The van der Waals surface area contributed by atoms with Gasteiger partial charge in [-0.05, 0) is 19.1 Å². The molecule has 0 unspecified atom stereocenters. The van der Waals surface area contributed by atoms with Gasteiger partial charge in [-0.1, -0.05) is 5.16 Å². The minimum Gasteiger partial charge on any atom is -0.334 e. The molecule has 0 atom stereocenters. The highest BCUT2D eigenvalue weighted by Gasteiger charge is 2.10. The van der Waals surface area contributed by atoms with Crippen molar-refractivity contribution in [2.24, 2.45) is 0 Å². The van der Waals surface area contributed by atoms with Crippen molar-refractivity contribution in [2.75, 3.05) is 0 Å². The average molecular weight is 239 g/mol. The number of pyridine rings is 1. The Hall–Kier alpha value is -2.63. The Morgan fingerprint density at radius 1 is 1.06 bits per heavy atom. The molecule has 3 aromatic heterocycles. The van der Waals surface area contributed by atoms with E-state index in [1.165, 1.54) is 0 Å². The molecule has 0 spiro atoms. The Kier molecular flexibility index (Phi) is 2.53. The molecule has 0 saturated carbocycles. The van der Waals surface area contributed by atoms with Crippen molar-refractivity contribution in [3.63, 3.8) is 0 Å². The molecular formula is C12H9N5O. The predicted octanol–water partition coefficient (Wildman–Crippen LogP) is 1.90. The minimum absolute atomic E-state index is 0.429. The van der Waals surface area contributed by atoms with Crippen LogP contribution in [0.15, 0.2) is 41.4 Å². The summed E-state index contributed by atoms with van der Waals surface area (Å²) in [5.41, 5.74) is 1.50. The van der Waals surface area contributed by atoms with E-state index in [2.05, 4.69) is 25.1 Å². The van der Waals surface area contributed by atoms with Crippen LogP contribution in [0.25, 0.3) is 22.8 Å². The van der Waals surface area contributed by atoms with Crippen molar-refractivity contribution >= 4 is 0 Å². The Balaban J connectivity index is 1.97. The maximum Gasteiger partial charge on any atom is 0.259 e. The lowest BCUT2D eigenvalue weighted by Gasteiger charge is -1.93. The van der Waals surface area contributed by atoms with Crippen LogP contribution in [0.1, 0.15) is 5.82 Å². The van der Waals surface area contributed by atoms with E-state index in [0.717, 1.165) is 11.1 Å². The first-order chi connectivity index (χ1) is 8.83. The Morgan fingerprint density at radius 3 is 2.61 bits per heavy atom. The van der Waals surface area contributed by atoms with E-state index in [9.17, 15) is 0 Å². The van der Waals surface area contributed by atoms with Gasteiger partial charge in [-0.25, -0.2) is 9.97 Å². The lowest BCUT2D eigenvalue weighted by molar-refractivity contribution is 0.432. The van der Waals surface area contributed by atoms with Gasteiger partial charge in [-0.3, -0.25) is 4.98 Å². The predicted molar refractivity (Wildman–Crippen MR) is 63.3 cm³/mol. The van der Waals surface area contributed by atoms with Crippen molar-refractivity contribution in [3.05, 3.63) is 42.7 Å². The van der Waals surface area contributed by atoms with Crippen molar-refractivity contribution in [1.29, 1.82) is 0 Å². The van der Waals surface area contributed by atoms with Crippen LogP contribution in [-0.4, -0.2) is 25.1 Å². The zero-order valence-corrected chi connectivity index (χ0v) is 9.61. The first kappa shape index (κ1) is 10.5. The highest BCUT2D eigenvalue weighted by molar-refractivity contribution is 5.57. The minimum atomic E-state index is 0.429. The molecule has 6 nitrogen and oxygen atoms in total. The molecule has 0 aliphatic carbocycles. The third-order valence-corrected chi connectivity index (χ3v) is 2.37. The van der Waals surface area contributed by atoms with Crippen LogP contribution in [0.2, 0.25) is 0 Å². The molecule has 3 rings (SSSR count). The molecule has 18 heavy (non-hydrogen) atoms. The van der Waals surface area contributed by atoms with Gasteiger partial charge in [-0.2, -0.15) is 4.98 Å². The van der Waals surface area contributed by atoms with Crippen LogP contribution in [0.3, 0.4) is 0 Å². The van der Waals surface area contributed by atoms with Crippen LogP contribution in [-0.2, 0) is 0 Å². The number of aromatic nitrogens is 5. The normalized spacial score (nSPS) is 10.5. The zero-order chi connectivity index (χ0) is 12.4. The first-order valence-electron chi connectivity index (χ1n) is 5.36. The lowest BCUT2D eigenvalue weighted by atomic mass is 10.3.